The summed E-state index contributed by atoms with van der Waals surface area (Å²) in [6.07, 6.45) is 6.07. The lowest BCUT2D eigenvalue weighted by Crippen LogP contribution is -2.43. The largest absolute Gasteiger partial charge is 0.339 e. The van der Waals surface area contributed by atoms with Crippen LogP contribution < -0.4 is 5.32 Å². The Balaban J connectivity index is 0.000000963. The van der Waals surface area contributed by atoms with Crippen molar-refractivity contribution in [3.63, 3.8) is 0 Å². The first-order valence-corrected chi connectivity index (χ1v) is 5.95. The van der Waals surface area contributed by atoms with Crippen LogP contribution in [0.25, 0.3) is 0 Å². The molecule has 0 unspecified atom stereocenters. The fourth-order valence-electron chi connectivity index (χ4n) is 2.44. The lowest BCUT2D eigenvalue weighted by atomic mass is 9.99. The number of nitrogens with one attached hydrogen (secondary N) is 1. The van der Waals surface area contributed by atoms with Crippen molar-refractivity contribution in [2.24, 2.45) is 5.92 Å². The second-order valence-corrected chi connectivity index (χ2v) is 4.76. The fourth-order valence-corrected chi connectivity index (χ4v) is 2.44. The zero-order chi connectivity index (χ0) is 10.1. The van der Waals surface area contributed by atoms with Gasteiger partial charge in [0.2, 0.25) is 5.89 Å². The molecule has 2 heterocycles. The molecular formula is C11H18ClN3O. The SMILES string of the molecule is C1CCC(c2noc(CC3CNC3)n2)C1.Cl. The van der Waals surface area contributed by atoms with E-state index in [-0.39, 0.29) is 12.4 Å². The predicted molar refractivity (Wildman–Crippen MR) is 62.8 cm³/mol. The van der Waals surface area contributed by atoms with Crippen LogP contribution in [0.5, 0.6) is 0 Å². The lowest BCUT2D eigenvalue weighted by Gasteiger charge is -2.25. The average Bonchev–Trinajstić information content (AvgIpc) is 2.82. The van der Waals surface area contributed by atoms with E-state index < -0.39 is 0 Å². The van der Waals surface area contributed by atoms with E-state index in [4.69, 9.17) is 4.52 Å². The summed E-state index contributed by atoms with van der Waals surface area (Å²) < 4.78 is 5.29. The Hall–Kier alpha value is -0.610. The molecule has 1 aromatic heterocycles. The molecule has 1 N–H and O–H groups in total. The summed E-state index contributed by atoms with van der Waals surface area (Å²) in [5.41, 5.74) is 0. The third-order valence-electron chi connectivity index (χ3n) is 3.53. The summed E-state index contributed by atoms with van der Waals surface area (Å²) in [5.74, 6) is 3.07. The fraction of sp³-hybridized carbons (Fsp3) is 0.818. The van der Waals surface area contributed by atoms with E-state index in [2.05, 4.69) is 15.5 Å². The molecule has 0 aromatic carbocycles. The Morgan fingerprint density at radius 1 is 1.25 bits per heavy atom. The van der Waals surface area contributed by atoms with Crippen molar-refractivity contribution in [2.75, 3.05) is 13.1 Å². The molecule has 5 heteroatoms. The van der Waals surface area contributed by atoms with Crippen LogP contribution in [-0.2, 0) is 6.42 Å². The van der Waals surface area contributed by atoms with Crippen molar-refractivity contribution >= 4 is 12.4 Å². The van der Waals surface area contributed by atoms with Crippen LogP contribution in [0.2, 0.25) is 0 Å². The van der Waals surface area contributed by atoms with Gasteiger partial charge >= 0.3 is 0 Å². The first-order valence-electron chi connectivity index (χ1n) is 5.95. The minimum Gasteiger partial charge on any atom is -0.339 e. The normalized spacial score (nSPS) is 21.8. The Morgan fingerprint density at radius 2 is 2.00 bits per heavy atom. The van der Waals surface area contributed by atoms with Crippen molar-refractivity contribution in [2.45, 2.75) is 38.0 Å². The van der Waals surface area contributed by atoms with Crippen molar-refractivity contribution in [3.05, 3.63) is 11.7 Å². The number of rotatable bonds is 3. The number of nitrogens with zero attached hydrogens (tertiary/aromatic N) is 2. The Kier molecular flexibility index (Phi) is 3.82. The molecule has 3 rings (SSSR count). The van der Waals surface area contributed by atoms with Gasteiger partial charge < -0.3 is 9.84 Å². The molecule has 0 amide bonds. The lowest BCUT2D eigenvalue weighted by molar-refractivity contribution is 0.294. The zero-order valence-corrected chi connectivity index (χ0v) is 10.1. The molecule has 1 aliphatic carbocycles. The molecule has 0 spiro atoms. The predicted octanol–water partition coefficient (Wildman–Crippen LogP) is 1.91. The third-order valence-corrected chi connectivity index (χ3v) is 3.53. The molecule has 0 bridgehead atoms. The molecule has 1 saturated heterocycles. The van der Waals surface area contributed by atoms with Crippen LogP contribution in [0.1, 0.15) is 43.3 Å². The van der Waals surface area contributed by atoms with Crippen LogP contribution in [0.3, 0.4) is 0 Å². The van der Waals surface area contributed by atoms with Gasteiger partial charge in [0, 0.05) is 12.3 Å². The van der Waals surface area contributed by atoms with E-state index in [0.717, 1.165) is 31.2 Å². The van der Waals surface area contributed by atoms with Gasteiger partial charge in [0.05, 0.1) is 0 Å². The number of hydrogen-bond acceptors (Lipinski definition) is 4. The summed E-state index contributed by atoms with van der Waals surface area (Å²) in [6, 6.07) is 0. The summed E-state index contributed by atoms with van der Waals surface area (Å²) in [4.78, 5) is 4.51. The maximum atomic E-state index is 5.29. The standard InChI is InChI=1S/C11H17N3O.ClH/c1-2-4-9(3-1)11-13-10(15-14-11)5-8-6-12-7-8;/h8-9,12H,1-7H2;1H. The minimum atomic E-state index is 0. The summed E-state index contributed by atoms with van der Waals surface area (Å²) in [5, 5.41) is 7.36. The minimum absolute atomic E-state index is 0. The van der Waals surface area contributed by atoms with E-state index >= 15 is 0 Å². The summed E-state index contributed by atoms with van der Waals surface area (Å²) in [6.45, 7) is 2.20. The van der Waals surface area contributed by atoms with Gasteiger partial charge in [0.1, 0.15) is 0 Å². The van der Waals surface area contributed by atoms with Crippen LogP contribution in [-0.4, -0.2) is 23.2 Å². The average molecular weight is 244 g/mol. The van der Waals surface area contributed by atoms with Crippen LogP contribution in [0, 0.1) is 5.92 Å². The van der Waals surface area contributed by atoms with Crippen molar-refractivity contribution in [1.82, 2.24) is 15.5 Å². The quantitative estimate of drug-likeness (QED) is 0.881. The Bertz CT molecular complexity index is 332. The molecule has 0 atom stereocenters. The molecule has 1 aliphatic heterocycles. The maximum Gasteiger partial charge on any atom is 0.227 e. The highest BCUT2D eigenvalue weighted by molar-refractivity contribution is 5.85. The molecule has 1 saturated carbocycles. The van der Waals surface area contributed by atoms with Gasteiger partial charge in [-0.2, -0.15) is 4.98 Å². The van der Waals surface area contributed by atoms with Gasteiger partial charge in [-0.05, 0) is 31.8 Å². The topological polar surface area (TPSA) is 51.0 Å². The zero-order valence-electron chi connectivity index (χ0n) is 9.32. The first-order chi connectivity index (χ1) is 7.42. The van der Waals surface area contributed by atoms with E-state index in [1.807, 2.05) is 0 Å². The molecule has 2 fully saturated rings. The molecule has 90 valence electrons. The number of hydrogen-bond donors (Lipinski definition) is 1. The van der Waals surface area contributed by atoms with Gasteiger partial charge in [0.25, 0.3) is 0 Å². The van der Waals surface area contributed by atoms with Crippen molar-refractivity contribution < 1.29 is 4.52 Å². The smallest absolute Gasteiger partial charge is 0.227 e. The van der Waals surface area contributed by atoms with Crippen LogP contribution >= 0.6 is 12.4 Å². The Labute approximate surface area is 102 Å². The first kappa shape index (κ1) is 11.9. The highest BCUT2D eigenvalue weighted by Gasteiger charge is 2.24. The third kappa shape index (κ3) is 2.38. The maximum absolute atomic E-state index is 5.29. The monoisotopic (exact) mass is 243 g/mol. The number of aromatic nitrogens is 2. The Morgan fingerprint density at radius 3 is 2.62 bits per heavy atom. The molecule has 2 aliphatic rings. The number of halogens is 1. The summed E-state index contributed by atoms with van der Waals surface area (Å²) >= 11 is 0. The molecule has 4 nitrogen and oxygen atoms in total. The van der Waals surface area contributed by atoms with Gasteiger partial charge in [-0.25, -0.2) is 0 Å². The van der Waals surface area contributed by atoms with Crippen LogP contribution in [0.15, 0.2) is 4.52 Å². The van der Waals surface area contributed by atoms with E-state index in [0.29, 0.717) is 11.8 Å². The van der Waals surface area contributed by atoms with Crippen molar-refractivity contribution in [3.8, 4) is 0 Å². The van der Waals surface area contributed by atoms with E-state index in [9.17, 15) is 0 Å². The molecular weight excluding hydrogens is 226 g/mol. The molecule has 1 aromatic rings. The van der Waals surface area contributed by atoms with E-state index in [1.54, 1.807) is 0 Å². The van der Waals surface area contributed by atoms with Gasteiger partial charge in [0.15, 0.2) is 5.82 Å². The highest BCUT2D eigenvalue weighted by Crippen LogP contribution is 2.32. The van der Waals surface area contributed by atoms with Crippen molar-refractivity contribution in [1.29, 1.82) is 0 Å². The van der Waals surface area contributed by atoms with Gasteiger partial charge in [-0.1, -0.05) is 18.0 Å². The van der Waals surface area contributed by atoms with E-state index in [1.165, 1.54) is 25.7 Å². The molecule has 0 radical (unpaired) electrons. The second kappa shape index (κ2) is 5.15. The molecule has 16 heavy (non-hydrogen) atoms. The summed E-state index contributed by atoms with van der Waals surface area (Å²) in [7, 11) is 0. The van der Waals surface area contributed by atoms with Crippen LogP contribution in [0.4, 0.5) is 0 Å². The second-order valence-electron chi connectivity index (χ2n) is 4.76. The highest BCUT2D eigenvalue weighted by atomic mass is 35.5. The van der Waals surface area contributed by atoms with Gasteiger partial charge in [-0.3, -0.25) is 0 Å². The van der Waals surface area contributed by atoms with Gasteiger partial charge in [-0.15, -0.1) is 12.4 Å².